The molecule has 0 aliphatic carbocycles. The predicted molar refractivity (Wildman–Crippen MR) is 84.4 cm³/mol. The van der Waals surface area contributed by atoms with Gasteiger partial charge in [0.05, 0.1) is 19.3 Å². The smallest absolute Gasteiger partial charge is 0.161 e. The van der Waals surface area contributed by atoms with Crippen LogP contribution < -0.4 is 16.0 Å². The van der Waals surface area contributed by atoms with Crippen molar-refractivity contribution < 1.29 is 4.74 Å². The van der Waals surface area contributed by atoms with E-state index in [2.05, 4.69) is 17.4 Å². The Kier molecular flexibility index (Phi) is 5.22. The zero-order chi connectivity index (χ0) is 15.4. The topological polar surface area (TPSA) is 65.1 Å². The number of methoxy groups -OCH3 is 1. The van der Waals surface area contributed by atoms with Gasteiger partial charge in [0.15, 0.2) is 5.75 Å². The van der Waals surface area contributed by atoms with Gasteiger partial charge in [-0.15, -0.1) is 0 Å². The fourth-order valence-electron chi connectivity index (χ4n) is 2.47. The van der Waals surface area contributed by atoms with Crippen LogP contribution in [-0.4, -0.2) is 16.9 Å². The Morgan fingerprint density at radius 1 is 1.48 bits per heavy atom. The summed E-state index contributed by atoms with van der Waals surface area (Å²) in [4.78, 5) is 0. The molecule has 114 valence electrons. The molecular formula is C15H21ClN4O. The summed E-state index contributed by atoms with van der Waals surface area (Å²) < 4.78 is 7.36. The largest absolute Gasteiger partial charge is 0.493 e. The van der Waals surface area contributed by atoms with Gasteiger partial charge in [0.1, 0.15) is 5.69 Å². The fraction of sp³-hybridized carbons (Fsp3) is 0.400. The van der Waals surface area contributed by atoms with Gasteiger partial charge >= 0.3 is 0 Å². The van der Waals surface area contributed by atoms with Gasteiger partial charge in [0.25, 0.3) is 0 Å². The zero-order valence-electron chi connectivity index (χ0n) is 12.6. The SMILES string of the molecule is CCCn1ncc(OC)c1C(NN)c1cccc(Cl)c1C. The predicted octanol–water partition coefficient (Wildman–Crippen LogP) is 2.82. The molecule has 0 saturated carbocycles. The van der Waals surface area contributed by atoms with E-state index in [1.807, 2.05) is 29.8 Å². The number of aryl methyl sites for hydroxylation is 1. The highest BCUT2D eigenvalue weighted by Gasteiger charge is 2.24. The van der Waals surface area contributed by atoms with Crippen LogP contribution in [0.5, 0.6) is 5.75 Å². The molecule has 0 fully saturated rings. The Morgan fingerprint density at radius 3 is 2.86 bits per heavy atom. The standard InChI is InChI=1S/C15H21ClN4O/c1-4-8-20-15(13(21-3)9-18-20)14(19-17)11-6-5-7-12(16)10(11)2/h5-7,9,14,19H,4,8,17H2,1-3H3. The van der Waals surface area contributed by atoms with E-state index in [4.69, 9.17) is 22.2 Å². The maximum absolute atomic E-state index is 6.23. The monoisotopic (exact) mass is 308 g/mol. The first-order chi connectivity index (χ1) is 10.1. The lowest BCUT2D eigenvalue weighted by atomic mass is 9.98. The molecule has 0 amide bonds. The Hall–Kier alpha value is -1.56. The summed E-state index contributed by atoms with van der Waals surface area (Å²) in [5.74, 6) is 6.53. The van der Waals surface area contributed by atoms with E-state index in [0.717, 1.165) is 29.8 Å². The quantitative estimate of drug-likeness (QED) is 0.636. The molecule has 1 atom stereocenters. The summed E-state index contributed by atoms with van der Waals surface area (Å²) in [6.45, 7) is 4.89. The number of hydrazine groups is 1. The van der Waals surface area contributed by atoms with E-state index < -0.39 is 0 Å². The number of hydrogen-bond acceptors (Lipinski definition) is 4. The van der Waals surface area contributed by atoms with E-state index in [9.17, 15) is 0 Å². The number of nitrogens with zero attached hydrogens (tertiary/aromatic N) is 2. The lowest BCUT2D eigenvalue weighted by molar-refractivity contribution is 0.398. The average Bonchev–Trinajstić information content (AvgIpc) is 2.88. The molecule has 1 unspecified atom stereocenters. The van der Waals surface area contributed by atoms with Crippen molar-refractivity contribution in [1.82, 2.24) is 15.2 Å². The van der Waals surface area contributed by atoms with Gasteiger partial charge in [-0.1, -0.05) is 30.7 Å². The summed E-state index contributed by atoms with van der Waals surface area (Å²) in [6.07, 6.45) is 2.69. The van der Waals surface area contributed by atoms with Crippen LogP contribution in [-0.2, 0) is 6.54 Å². The molecule has 1 aromatic heterocycles. The van der Waals surface area contributed by atoms with Gasteiger partial charge in [0.2, 0.25) is 0 Å². The van der Waals surface area contributed by atoms with Gasteiger partial charge in [-0.05, 0) is 30.5 Å². The van der Waals surface area contributed by atoms with E-state index >= 15 is 0 Å². The zero-order valence-corrected chi connectivity index (χ0v) is 13.3. The van der Waals surface area contributed by atoms with Crippen molar-refractivity contribution in [3.8, 4) is 5.75 Å². The van der Waals surface area contributed by atoms with Crippen LogP contribution in [0.4, 0.5) is 0 Å². The third-order valence-electron chi connectivity index (χ3n) is 3.56. The molecule has 2 rings (SSSR count). The van der Waals surface area contributed by atoms with Crippen LogP contribution in [0.2, 0.25) is 5.02 Å². The highest BCUT2D eigenvalue weighted by Crippen LogP contribution is 2.33. The summed E-state index contributed by atoms with van der Waals surface area (Å²) >= 11 is 6.23. The minimum atomic E-state index is -0.229. The molecule has 6 heteroatoms. The first-order valence-electron chi connectivity index (χ1n) is 6.94. The molecule has 0 aliphatic rings. The first kappa shape index (κ1) is 15.8. The van der Waals surface area contributed by atoms with Crippen molar-refractivity contribution in [2.24, 2.45) is 5.84 Å². The molecule has 1 aromatic carbocycles. The van der Waals surface area contributed by atoms with Crippen LogP contribution in [0.25, 0.3) is 0 Å². The van der Waals surface area contributed by atoms with E-state index in [1.165, 1.54) is 0 Å². The number of rotatable bonds is 6. The summed E-state index contributed by atoms with van der Waals surface area (Å²) in [5, 5.41) is 5.10. The molecular weight excluding hydrogens is 288 g/mol. The maximum Gasteiger partial charge on any atom is 0.161 e. The van der Waals surface area contributed by atoms with Crippen molar-refractivity contribution in [2.75, 3.05) is 7.11 Å². The second kappa shape index (κ2) is 6.93. The molecule has 0 saturated heterocycles. The Bertz CT molecular complexity index is 612. The molecule has 1 heterocycles. The molecule has 0 spiro atoms. The van der Waals surface area contributed by atoms with Gasteiger partial charge in [-0.3, -0.25) is 10.5 Å². The number of nitrogens with one attached hydrogen (secondary N) is 1. The second-order valence-corrected chi connectivity index (χ2v) is 5.28. The number of halogens is 1. The number of aromatic nitrogens is 2. The van der Waals surface area contributed by atoms with Gasteiger partial charge in [-0.2, -0.15) is 5.10 Å². The van der Waals surface area contributed by atoms with Gasteiger partial charge in [0, 0.05) is 11.6 Å². The number of hydrogen-bond donors (Lipinski definition) is 2. The van der Waals surface area contributed by atoms with Crippen LogP contribution >= 0.6 is 11.6 Å². The summed E-state index contributed by atoms with van der Waals surface area (Å²) in [6, 6.07) is 5.57. The lowest BCUT2D eigenvalue weighted by Gasteiger charge is -2.21. The van der Waals surface area contributed by atoms with Gasteiger partial charge in [-0.25, -0.2) is 5.43 Å². The van der Waals surface area contributed by atoms with Crippen molar-refractivity contribution in [2.45, 2.75) is 32.9 Å². The van der Waals surface area contributed by atoms with Crippen LogP contribution in [0, 0.1) is 6.92 Å². The molecule has 2 aromatic rings. The number of benzene rings is 1. The minimum Gasteiger partial charge on any atom is -0.493 e. The summed E-state index contributed by atoms with van der Waals surface area (Å²) in [7, 11) is 1.63. The lowest BCUT2D eigenvalue weighted by Crippen LogP contribution is -2.31. The highest BCUT2D eigenvalue weighted by molar-refractivity contribution is 6.31. The van der Waals surface area contributed by atoms with Crippen molar-refractivity contribution >= 4 is 11.6 Å². The molecule has 0 aliphatic heterocycles. The Morgan fingerprint density at radius 2 is 2.24 bits per heavy atom. The van der Waals surface area contributed by atoms with Gasteiger partial charge < -0.3 is 4.74 Å². The Labute approximate surface area is 130 Å². The molecule has 0 bridgehead atoms. The fourth-order valence-corrected chi connectivity index (χ4v) is 2.65. The normalized spacial score (nSPS) is 12.4. The van der Waals surface area contributed by atoms with Crippen LogP contribution in [0.15, 0.2) is 24.4 Å². The second-order valence-electron chi connectivity index (χ2n) is 4.88. The third kappa shape index (κ3) is 3.05. The number of nitrogens with two attached hydrogens (primary N) is 1. The van der Waals surface area contributed by atoms with Crippen LogP contribution in [0.3, 0.4) is 0 Å². The Balaban J connectivity index is 2.55. The molecule has 3 N–H and O–H groups in total. The van der Waals surface area contributed by atoms with E-state index in [-0.39, 0.29) is 6.04 Å². The van der Waals surface area contributed by atoms with E-state index in [0.29, 0.717) is 10.8 Å². The molecule has 5 nitrogen and oxygen atoms in total. The summed E-state index contributed by atoms with van der Waals surface area (Å²) in [5.41, 5.74) is 5.78. The third-order valence-corrected chi connectivity index (χ3v) is 3.97. The highest BCUT2D eigenvalue weighted by atomic mass is 35.5. The minimum absolute atomic E-state index is 0.229. The number of ether oxygens (including phenoxy) is 1. The average molecular weight is 309 g/mol. The van der Waals surface area contributed by atoms with Crippen molar-refractivity contribution in [3.63, 3.8) is 0 Å². The maximum atomic E-state index is 6.23. The van der Waals surface area contributed by atoms with E-state index in [1.54, 1.807) is 13.3 Å². The molecule has 21 heavy (non-hydrogen) atoms. The first-order valence-corrected chi connectivity index (χ1v) is 7.32. The molecule has 0 radical (unpaired) electrons. The van der Waals surface area contributed by atoms with Crippen molar-refractivity contribution in [1.29, 1.82) is 0 Å². The van der Waals surface area contributed by atoms with Crippen molar-refractivity contribution in [3.05, 3.63) is 46.2 Å². The van der Waals surface area contributed by atoms with Crippen LogP contribution in [0.1, 0.15) is 36.2 Å².